The fourth-order valence-electron chi connectivity index (χ4n) is 1.54. The van der Waals surface area contributed by atoms with Crippen LogP contribution in [0.1, 0.15) is 11.7 Å². The van der Waals surface area contributed by atoms with Gasteiger partial charge in [-0.05, 0) is 6.92 Å². The molecule has 0 aliphatic carbocycles. The van der Waals surface area contributed by atoms with E-state index < -0.39 is 0 Å². The average molecular weight is 190 g/mol. The monoisotopic (exact) mass is 190 g/mol. The van der Waals surface area contributed by atoms with Gasteiger partial charge in [-0.3, -0.25) is 0 Å². The molecule has 14 heavy (non-hydrogen) atoms. The molecule has 3 heterocycles. The molecule has 5 nitrogen and oxygen atoms in total. The van der Waals surface area contributed by atoms with Crippen LogP contribution in [0.25, 0.3) is 11.2 Å². The number of hydrogen-bond donors (Lipinski definition) is 0. The molecule has 0 aromatic carbocycles. The van der Waals surface area contributed by atoms with Crippen LogP contribution >= 0.6 is 0 Å². The Morgan fingerprint density at radius 2 is 2.29 bits per heavy atom. The Labute approximate surface area is 80.7 Å². The van der Waals surface area contributed by atoms with E-state index >= 15 is 0 Å². The molecule has 0 N–H and O–H groups in total. The molecule has 0 bridgehead atoms. The van der Waals surface area contributed by atoms with Crippen LogP contribution < -0.4 is 0 Å². The molecule has 72 valence electrons. The molecule has 1 aliphatic rings. The molecule has 0 saturated carbocycles. The molecule has 1 fully saturated rings. The second kappa shape index (κ2) is 2.75. The van der Waals surface area contributed by atoms with Crippen molar-refractivity contribution < 1.29 is 4.74 Å². The van der Waals surface area contributed by atoms with Gasteiger partial charge in [0.25, 0.3) is 0 Å². The van der Waals surface area contributed by atoms with E-state index in [0.29, 0.717) is 6.04 Å². The Hall–Kier alpha value is -1.49. The first-order valence-electron chi connectivity index (χ1n) is 4.59. The minimum atomic E-state index is 0.337. The van der Waals surface area contributed by atoms with Gasteiger partial charge in [-0.25, -0.2) is 14.6 Å². The first-order valence-corrected chi connectivity index (χ1v) is 4.59. The molecule has 3 rings (SSSR count). The zero-order valence-electron chi connectivity index (χ0n) is 7.84. The number of hydrogen-bond acceptors (Lipinski definition) is 4. The summed E-state index contributed by atoms with van der Waals surface area (Å²) >= 11 is 0. The number of aromatic nitrogens is 4. The predicted molar refractivity (Wildman–Crippen MR) is 49.9 cm³/mol. The molecule has 5 heteroatoms. The maximum Gasteiger partial charge on any atom is 0.177 e. The molecule has 0 amide bonds. The van der Waals surface area contributed by atoms with Gasteiger partial charge in [0.2, 0.25) is 0 Å². The normalized spacial score (nSPS) is 17.2. The van der Waals surface area contributed by atoms with E-state index in [1.54, 1.807) is 12.4 Å². The second-order valence-electron chi connectivity index (χ2n) is 3.50. The zero-order chi connectivity index (χ0) is 9.54. The lowest BCUT2D eigenvalue weighted by atomic mass is 10.3. The minimum absolute atomic E-state index is 0.337. The molecule has 1 saturated heterocycles. The van der Waals surface area contributed by atoms with Crippen molar-refractivity contribution >= 4 is 11.2 Å². The van der Waals surface area contributed by atoms with Crippen LogP contribution in [0.4, 0.5) is 0 Å². The summed E-state index contributed by atoms with van der Waals surface area (Å²) in [6.45, 7) is 3.39. The topological polar surface area (TPSA) is 52.8 Å². The fraction of sp³-hybridized carbons (Fsp3) is 0.444. The van der Waals surface area contributed by atoms with Crippen LogP contribution in [0.15, 0.2) is 12.4 Å². The van der Waals surface area contributed by atoms with E-state index in [2.05, 4.69) is 15.1 Å². The van der Waals surface area contributed by atoms with Crippen LogP contribution in [0.2, 0.25) is 0 Å². The summed E-state index contributed by atoms with van der Waals surface area (Å²) in [7, 11) is 0. The van der Waals surface area contributed by atoms with Gasteiger partial charge in [0.1, 0.15) is 11.6 Å². The highest BCUT2D eigenvalue weighted by atomic mass is 16.5. The SMILES string of the molecule is Cc1cnc2cnn(C3COC3)c2n1. The maximum absolute atomic E-state index is 5.13. The fourth-order valence-corrected chi connectivity index (χ4v) is 1.54. The zero-order valence-corrected chi connectivity index (χ0v) is 7.84. The molecular weight excluding hydrogens is 180 g/mol. The van der Waals surface area contributed by atoms with E-state index in [-0.39, 0.29) is 0 Å². The summed E-state index contributed by atoms with van der Waals surface area (Å²) in [5.74, 6) is 0. The molecule has 0 spiro atoms. The highest BCUT2D eigenvalue weighted by Gasteiger charge is 2.23. The minimum Gasteiger partial charge on any atom is -0.377 e. The Morgan fingerprint density at radius 1 is 1.43 bits per heavy atom. The quantitative estimate of drug-likeness (QED) is 0.664. The van der Waals surface area contributed by atoms with Gasteiger partial charge in [0.05, 0.1) is 25.1 Å². The predicted octanol–water partition coefficient (Wildman–Crippen LogP) is 0.706. The Morgan fingerprint density at radius 3 is 3.00 bits per heavy atom. The molecule has 0 unspecified atom stereocenters. The number of nitrogens with zero attached hydrogens (tertiary/aromatic N) is 4. The lowest BCUT2D eigenvalue weighted by Gasteiger charge is -2.26. The van der Waals surface area contributed by atoms with Crippen molar-refractivity contribution in [1.29, 1.82) is 0 Å². The van der Waals surface area contributed by atoms with Crippen LogP contribution in [0.3, 0.4) is 0 Å². The van der Waals surface area contributed by atoms with Crippen LogP contribution in [-0.4, -0.2) is 33.0 Å². The number of fused-ring (bicyclic) bond motifs is 1. The Kier molecular flexibility index (Phi) is 1.55. The molecule has 2 aromatic heterocycles. The molecular formula is C9H10N4O. The van der Waals surface area contributed by atoms with E-state index in [1.807, 2.05) is 11.6 Å². The van der Waals surface area contributed by atoms with Gasteiger partial charge >= 0.3 is 0 Å². The lowest BCUT2D eigenvalue weighted by Crippen LogP contribution is -2.31. The van der Waals surface area contributed by atoms with Crippen molar-refractivity contribution in [3.63, 3.8) is 0 Å². The third-order valence-corrected chi connectivity index (χ3v) is 2.39. The molecule has 0 radical (unpaired) electrons. The van der Waals surface area contributed by atoms with Crippen LogP contribution in [0.5, 0.6) is 0 Å². The molecule has 1 aliphatic heterocycles. The van der Waals surface area contributed by atoms with Gasteiger partial charge in [0.15, 0.2) is 5.65 Å². The second-order valence-corrected chi connectivity index (χ2v) is 3.50. The third kappa shape index (κ3) is 1.02. The molecule has 0 atom stereocenters. The highest BCUT2D eigenvalue weighted by molar-refractivity contribution is 5.69. The van der Waals surface area contributed by atoms with Gasteiger partial charge in [-0.2, -0.15) is 5.10 Å². The smallest absolute Gasteiger partial charge is 0.177 e. The van der Waals surface area contributed by atoms with Crippen molar-refractivity contribution in [2.75, 3.05) is 13.2 Å². The first kappa shape index (κ1) is 7.87. The van der Waals surface area contributed by atoms with Gasteiger partial charge in [0, 0.05) is 6.20 Å². The standard InChI is InChI=1S/C9H10N4O/c1-6-2-10-8-3-11-13(9(8)12-6)7-4-14-5-7/h2-3,7H,4-5H2,1H3. The van der Waals surface area contributed by atoms with Crippen LogP contribution in [-0.2, 0) is 4.74 Å². The summed E-state index contributed by atoms with van der Waals surface area (Å²) in [6, 6.07) is 0.337. The summed E-state index contributed by atoms with van der Waals surface area (Å²) in [6.07, 6.45) is 3.51. The molecule has 2 aromatic rings. The van der Waals surface area contributed by atoms with Crippen molar-refractivity contribution in [2.45, 2.75) is 13.0 Å². The maximum atomic E-state index is 5.13. The Bertz CT molecular complexity index is 475. The van der Waals surface area contributed by atoms with Crippen molar-refractivity contribution in [2.24, 2.45) is 0 Å². The van der Waals surface area contributed by atoms with Crippen molar-refractivity contribution in [3.8, 4) is 0 Å². The van der Waals surface area contributed by atoms with E-state index in [0.717, 1.165) is 30.1 Å². The largest absolute Gasteiger partial charge is 0.377 e. The number of aryl methyl sites for hydroxylation is 1. The van der Waals surface area contributed by atoms with Gasteiger partial charge in [-0.15, -0.1) is 0 Å². The highest BCUT2D eigenvalue weighted by Crippen LogP contribution is 2.20. The van der Waals surface area contributed by atoms with Gasteiger partial charge in [-0.1, -0.05) is 0 Å². The number of ether oxygens (including phenoxy) is 1. The van der Waals surface area contributed by atoms with Gasteiger partial charge < -0.3 is 4.74 Å². The average Bonchev–Trinajstić information content (AvgIpc) is 2.46. The summed E-state index contributed by atoms with van der Waals surface area (Å²) in [4.78, 5) is 8.68. The number of rotatable bonds is 1. The third-order valence-electron chi connectivity index (χ3n) is 2.39. The van der Waals surface area contributed by atoms with Crippen molar-refractivity contribution in [1.82, 2.24) is 19.7 Å². The van der Waals surface area contributed by atoms with E-state index in [9.17, 15) is 0 Å². The van der Waals surface area contributed by atoms with E-state index in [4.69, 9.17) is 4.74 Å². The summed E-state index contributed by atoms with van der Waals surface area (Å²) in [5, 5.41) is 4.27. The first-order chi connectivity index (χ1) is 6.84. The van der Waals surface area contributed by atoms with Crippen molar-refractivity contribution in [3.05, 3.63) is 18.1 Å². The summed E-state index contributed by atoms with van der Waals surface area (Å²) in [5.41, 5.74) is 2.63. The van der Waals surface area contributed by atoms with Crippen LogP contribution in [0, 0.1) is 6.92 Å². The lowest BCUT2D eigenvalue weighted by molar-refractivity contribution is -0.0269. The van der Waals surface area contributed by atoms with E-state index in [1.165, 1.54) is 0 Å². The summed E-state index contributed by atoms with van der Waals surface area (Å²) < 4.78 is 7.03. The Balaban J connectivity index is 2.18.